The molecule has 0 spiro atoms. The van der Waals surface area contributed by atoms with Gasteiger partial charge < -0.3 is 30.6 Å². The molecule has 3 rings (SSSR count). The Balaban J connectivity index is 1.41. The first-order valence-corrected chi connectivity index (χ1v) is 12.7. The van der Waals surface area contributed by atoms with Gasteiger partial charge in [0, 0.05) is 25.3 Å². The SMILES string of the molecule is COC[C@H](CC(C)C)NCCc1ccc(CCNC[C@H](O)c2ccc(O)c3[nH]c(=O)sc23)cc1. The Morgan fingerprint density at radius 2 is 1.74 bits per heavy atom. The summed E-state index contributed by atoms with van der Waals surface area (Å²) < 4.78 is 5.93. The molecule has 0 saturated heterocycles. The van der Waals surface area contributed by atoms with E-state index >= 15 is 0 Å². The zero-order chi connectivity index (χ0) is 24.5. The summed E-state index contributed by atoms with van der Waals surface area (Å²) in [6.07, 6.45) is 2.19. The second kappa shape index (κ2) is 13.0. The monoisotopic (exact) mass is 487 g/mol. The highest BCUT2D eigenvalue weighted by atomic mass is 32.1. The van der Waals surface area contributed by atoms with Gasteiger partial charge in [-0.1, -0.05) is 55.5 Å². The number of rotatable bonds is 14. The summed E-state index contributed by atoms with van der Waals surface area (Å²) in [6, 6.07) is 12.2. The number of benzene rings is 2. The normalized spacial score (nSPS) is 13.6. The zero-order valence-corrected chi connectivity index (χ0v) is 21.1. The molecule has 34 heavy (non-hydrogen) atoms. The molecule has 2 aromatic carbocycles. The molecule has 7 nitrogen and oxygen atoms in total. The number of H-pyrrole nitrogens is 1. The van der Waals surface area contributed by atoms with Crippen LogP contribution in [0.1, 0.15) is 43.1 Å². The number of aliphatic hydroxyl groups is 1. The Kier molecular flexibility index (Phi) is 10.1. The van der Waals surface area contributed by atoms with E-state index in [0.29, 0.717) is 34.3 Å². The molecular weight excluding hydrogens is 450 g/mol. The lowest BCUT2D eigenvalue weighted by Gasteiger charge is -2.20. The lowest BCUT2D eigenvalue weighted by Crippen LogP contribution is -2.35. The first-order valence-electron chi connectivity index (χ1n) is 11.9. The van der Waals surface area contributed by atoms with Crippen LogP contribution < -0.4 is 15.5 Å². The predicted molar refractivity (Wildman–Crippen MR) is 139 cm³/mol. The van der Waals surface area contributed by atoms with Crippen molar-refractivity contribution in [1.29, 1.82) is 0 Å². The van der Waals surface area contributed by atoms with Crippen LogP contribution in [-0.2, 0) is 17.6 Å². The molecule has 0 fully saturated rings. The van der Waals surface area contributed by atoms with Crippen LogP contribution in [0.2, 0.25) is 0 Å². The molecule has 5 N–H and O–H groups in total. The van der Waals surface area contributed by atoms with E-state index in [1.165, 1.54) is 17.2 Å². The van der Waals surface area contributed by atoms with E-state index in [1.807, 2.05) is 0 Å². The van der Waals surface area contributed by atoms with Gasteiger partial charge in [0.25, 0.3) is 0 Å². The summed E-state index contributed by atoms with van der Waals surface area (Å²) >= 11 is 1.00. The average Bonchev–Trinajstić information content (AvgIpc) is 3.20. The first kappa shape index (κ1) is 26.4. The van der Waals surface area contributed by atoms with Crippen LogP contribution in [0.4, 0.5) is 0 Å². The number of phenols is 1. The molecule has 0 aliphatic carbocycles. The lowest BCUT2D eigenvalue weighted by molar-refractivity contribution is 0.157. The number of fused-ring (bicyclic) bond motifs is 1. The molecule has 0 radical (unpaired) electrons. The minimum absolute atomic E-state index is 0.0156. The highest BCUT2D eigenvalue weighted by Crippen LogP contribution is 2.31. The van der Waals surface area contributed by atoms with Gasteiger partial charge in [0.15, 0.2) is 0 Å². The van der Waals surface area contributed by atoms with E-state index < -0.39 is 6.10 Å². The fourth-order valence-corrected chi connectivity index (χ4v) is 5.08. The van der Waals surface area contributed by atoms with Gasteiger partial charge in [-0.2, -0.15) is 0 Å². The average molecular weight is 488 g/mol. The Labute approximate surface area is 205 Å². The predicted octanol–water partition coefficient (Wildman–Crippen LogP) is 3.35. The summed E-state index contributed by atoms with van der Waals surface area (Å²) in [4.78, 5) is 14.0. The van der Waals surface area contributed by atoms with Crippen molar-refractivity contribution in [1.82, 2.24) is 15.6 Å². The van der Waals surface area contributed by atoms with Crippen LogP contribution in [0.25, 0.3) is 10.2 Å². The zero-order valence-electron chi connectivity index (χ0n) is 20.3. The van der Waals surface area contributed by atoms with Crippen molar-refractivity contribution in [2.45, 2.75) is 45.3 Å². The van der Waals surface area contributed by atoms with Crippen molar-refractivity contribution in [2.75, 3.05) is 33.4 Å². The number of hydrogen-bond donors (Lipinski definition) is 5. The number of thiazole rings is 1. The fourth-order valence-electron chi connectivity index (χ4n) is 4.16. The summed E-state index contributed by atoms with van der Waals surface area (Å²) in [5, 5.41) is 27.4. The highest BCUT2D eigenvalue weighted by molar-refractivity contribution is 7.16. The van der Waals surface area contributed by atoms with Crippen molar-refractivity contribution >= 4 is 21.6 Å². The van der Waals surface area contributed by atoms with Gasteiger partial charge in [-0.15, -0.1) is 0 Å². The molecule has 1 heterocycles. The van der Waals surface area contributed by atoms with Gasteiger partial charge in [-0.3, -0.25) is 4.79 Å². The third kappa shape index (κ3) is 7.65. The van der Waals surface area contributed by atoms with Crippen molar-refractivity contribution in [3.8, 4) is 5.75 Å². The van der Waals surface area contributed by atoms with Gasteiger partial charge in [0.2, 0.25) is 0 Å². The van der Waals surface area contributed by atoms with Crippen molar-refractivity contribution in [2.24, 2.45) is 5.92 Å². The van der Waals surface area contributed by atoms with E-state index in [1.54, 1.807) is 13.2 Å². The van der Waals surface area contributed by atoms with Crippen LogP contribution in [0.15, 0.2) is 41.2 Å². The third-order valence-electron chi connectivity index (χ3n) is 5.87. The maximum atomic E-state index is 11.7. The van der Waals surface area contributed by atoms with Crippen LogP contribution in [0, 0.1) is 5.92 Å². The lowest BCUT2D eigenvalue weighted by atomic mass is 10.0. The molecule has 0 aliphatic heterocycles. The molecule has 8 heteroatoms. The molecule has 0 aliphatic rings. The number of hydrogen-bond acceptors (Lipinski definition) is 7. The number of aromatic amines is 1. The Morgan fingerprint density at radius 3 is 2.38 bits per heavy atom. The minimum atomic E-state index is -0.762. The minimum Gasteiger partial charge on any atom is -0.506 e. The van der Waals surface area contributed by atoms with Crippen LogP contribution in [-0.4, -0.2) is 54.6 Å². The summed E-state index contributed by atoms with van der Waals surface area (Å²) in [5.74, 6) is 0.658. The van der Waals surface area contributed by atoms with Gasteiger partial charge in [-0.05, 0) is 55.5 Å². The maximum Gasteiger partial charge on any atom is 0.305 e. The number of aromatic hydroxyl groups is 1. The number of aliphatic hydroxyl groups excluding tert-OH is 1. The second-order valence-corrected chi connectivity index (χ2v) is 10.1. The molecular formula is C26H37N3O4S. The summed E-state index contributed by atoms with van der Waals surface area (Å²) in [6.45, 7) is 7.24. The van der Waals surface area contributed by atoms with Gasteiger partial charge in [-0.25, -0.2) is 0 Å². The highest BCUT2D eigenvalue weighted by Gasteiger charge is 2.16. The molecule has 0 amide bonds. The number of ether oxygens (including phenoxy) is 1. The summed E-state index contributed by atoms with van der Waals surface area (Å²) in [7, 11) is 1.75. The Morgan fingerprint density at radius 1 is 1.06 bits per heavy atom. The molecule has 0 unspecified atom stereocenters. The number of methoxy groups -OCH3 is 1. The summed E-state index contributed by atoms with van der Waals surface area (Å²) in [5.41, 5.74) is 3.58. The van der Waals surface area contributed by atoms with E-state index in [2.05, 4.69) is 53.7 Å². The standard InChI is InChI=1S/C26H37N3O4S/c1-17(2)14-20(16-33-3)28-13-11-19-6-4-18(5-7-19)10-12-27-15-23(31)21-8-9-22(30)24-25(21)34-26(32)29-24/h4-9,17,20,23,27-28,30-31H,10-16H2,1-3H3,(H,29,32)/t20-,23-/m0/s1. The van der Waals surface area contributed by atoms with Gasteiger partial charge in [0.1, 0.15) is 11.3 Å². The van der Waals surface area contributed by atoms with Crippen LogP contribution in [0.3, 0.4) is 0 Å². The molecule has 186 valence electrons. The van der Waals surface area contributed by atoms with E-state index in [9.17, 15) is 15.0 Å². The first-order chi connectivity index (χ1) is 16.4. The second-order valence-electron chi connectivity index (χ2n) is 9.16. The molecule has 2 atom stereocenters. The number of aromatic nitrogens is 1. The largest absolute Gasteiger partial charge is 0.506 e. The third-order valence-corrected chi connectivity index (χ3v) is 6.80. The van der Waals surface area contributed by atoms with Gasteiger partial charge >= 0.3 is 4.87 Å². The molecule has 3 aromatic rings. The Hall–Kier alpha value is -2.23. The van der Waals surface area contributed by atoms with E-state index in [0.717, 1.165) is 50.3 Å². The number of phenolic OH excluding ortho intramolecular Hbond substituents is 1. The van der Waals surface area contributed by atoms with Crippen molar-refractivity contribution < 1.29 is 14.9 Å². The molecule has 0 saturated carbocycles. The van der Waals surface area contributed by atoms with Crippen LogP contribution >= 0.6 is 11.3 Å². The number of nitrogens with one attached hydrogen (secondary N) is 3. The topological polar surface area (TPSA) is 107 Å². The quantitative estimate of drug-likeness (QED) is 0.223. The fraction of sp³-hybridized carbons (Fsp3) is 0.500. The molecule has 0 bridgehead atoms. The van der Waals surface area contributed by atoms with E-state index in [-0.39, 0.29) is 10.6 Å². The Bertz CT molecular complexity index is 1080. The van der Waals surface area contributed by atoms with Crippen LogP contribution in [0.5, 0.6) is 5.75 Å². The smallest absolute Gasteiger partial charge is 0.305 e. The van der Waals surface area contributed by atoms with Crippen molar-refractivity contribution in [3.63, 3.8) is 0 Å². The van der Waals surface area contributed by atoms with Crippen molar-refractivity contribution in [3.05, 3.63) is 62.8 Å². The maximum absolute atomic E-state index is 11.7. The van der Waals surface area contributed by atoms with Gasteiger partial charge in [0.05, 0.1) is 17.4 Å². The van der Waals surface area contributed by atoms with E-state index in [4.69, 9.17) is 4.74 Å². The molecule has 1 aromatic heterocycles.